The Balaban J connectivity index is 1.52. The molecule has 2 aromatic heterocycles. The molecule has 1 aliphatic heterocycles. The van der Waals surface area contributed by atoms with Crippen LogP contribution in [0.3, 0.4) is 0 Å². The molecule has 1 atom stereocenters. The van der Waals surface area contributed by atoms with Crippen LogP contribution < -0.4 is 9.75 Å². The molecule has 3 aromatic carbocycles. The molecular weight excluding hydrogens is 488 g/mol. The van der Waals surface area contributed by atoms with Crippen molar-refractivity contribution in [1.29, 1.82) is 0 Å². The molecule has 1 aliphatic rings. The first-order chi connectivity index (χ1) is 17.7. The minimum absolute atomic E-state index is 0.0594. The van der Waals surface area contributed by atoms with E-state index in [-0.39, 0.29) is 6.04 Å². The summed E-state index contributed by atoms with van der Waals surface area (Å²) < 4.78 is 5.79. The number of ether oxygens (including phenoxy) is 1. The zero-order chi connectivity index (χ0) is 24.5. The first kappa shape index (κ1) is 22.7. The van der Waals surface area contributed by atoms with Crippen LogP contribution in [0.4, 0.5) is 5.95 Å². The van der Waals surface area contributed by atoms with Gasteiger partial charge in [0.25, 0.3) is 0 Å². The Morgan fingerprint density at radius 3 is 2.67 bits per heavy atom. The first-order valence-corrected chi connectivity index (χ1v) is 13.1. The van der Waals surface area contributed by atoms with Crippen LogP contribution >= 0.6 is 22.9 Å². The highest BCUT2D eigenvalue weighted by molar-refractivity contribution is 7.12. The van der Waals surface area contributed by atoms with E-state index < -0.39 is 0 Å². The number of thiophene rings is 1. The number of anilines is 1. The molecule has 5 nitrogen and oxygen atoms in total. The van der Waals surface area contributed by atoms with E-state index in [1.165, 1.54) is 0 Å². The van der Waals surface area contributed by atoms with Crippen molar-refractivity contribution in [2.75, 3.05) is 11.6 Å². The van der Waals surface area contributed by atoms with Crippen LogP contribution in [-0.4, -0.2) is 22.3 Å². The molecule has 0 spiro atoms. The molecule has 0 saturated carbocycles. The summed E-state index contributed by atoms with van der Waals surface area (Å²) in [5, 5.41) is 10.7. The number of fused-ring (bicyclic) bond motifs is 1. The second-order valence-corrected chi connectivity index (χ2v) is 9.88. The van der Waals surface area contributed by atoms with Gasteiger partial charge in [-0.1, -0.05) is 60.1 Å². The molecule has 6 rings (SSSR count). The zero-order valence-electron chi connectivity index (χ0n) is 19.6. The fourth-order valence-corrected chi connectivity index (χ4v) is 5.42. The van der Waals surface area contributed by atoms with Gasteiger partial charge in [0.1, 0.15) is 5.75 Å². The minimum atomic E-state index is -0.0594. The van der Waals surface area contributed by atoms with Gasteiger partial charge in [0.05, 0.1) is 34.4 Å². The number of halogens is 1. The summed E-state index contributed by atoms with van der Waals surface area (Å²) in [6, 6.07) is 28.2. The lowest BCUT2D eigenvalue weighted by Crippen LogP contribution is -2.21. The SMILES string of the molecule is CCOc1cccc(C2CC(c3cccs3)=NN2c2nc(-c3ccccc3)c3cc(Cl)ccc3n2)c1. The van der Waals surface area contributed by atoms with Gasteiger partial charge in [-0.05, 0) is 54.3 Å². The fourth-order valence-electron chi connectivity index (χ4n) is 4.53. The number of aromatic nitrogens is 2. The number of hydrogen-bond donors (Lipinski definition) is 0. The highest BCUT2D eigenvalue weighted by atomic mass is 35.5. The highest BCUT2D eigenvalue weighted by Gasteiger charge is 2.33. The Bertz CT molecular complexity index is 1550. The molecule has 0 saturated heterocycles. The summed E-state index contributed by atoms with van der Waals surface area (Å²) in [6.07, 6.45) is 0.749. The summed E-state index contributed by atoms with van der Waals surface area (Å²) in [5.74, 6) is 1.40. The van der Waals surface area contributed by atoms with Gasteiger partial charge in [-0.15, -0.1) is 11.3 Å². The van der Waals surface area contributed by atoms with Gasteiger partial charge in [-0.25, -0.2) is 15.0 Å². The molecule has 0 bridgehead atoms. The number of nitrogens with zero attached hydrogens (tertiary/aromatic N) is 4. The van der Waals surface area contributed by atoms with E-state index in [1.807, 2.05) is 60.5 Å². The van der Waals surface area contributed by atoms with Crippen molar-refractivity contribution in [3.63, 3.8) is 0 Å². The van der Waals surface area contributed by atoms with Crippen LogP contribution in [0, 0.1) is 0 Å². The van der Waals surface area contributed by atoms with Crippen LogP contribution in [0.5, 0.6) is 5.75 Å². The summed E-state index contributed by atoms with van der Waals surface area (Å²) in [7, 11) is 0. The van der Waals surface area contributed by atoms with Crippen LogP contribution in [0.25, 0.3) is 22.2 Å². The smallest absolute Gasteiger partial charge is 0.247 e. The Labute approximate surface area is 218 Å². The molecule has 0 fully saturated rings. The summed E-state index contributed by atoms with van der Waals surface area (Å²) in [5.41, 5.74) is 4.80. The summed E-state index contributed by atoms with van der Waals surface area (Å²) >= 11 is 8.06. The molecule has 0 N–H and O–H groups in total. The van der Waals surface area contributed by atoms with Crippen molar-refractivity contribution < 1.29 is 4.74 Å². The average molecular weight is 511 g/mol. The van der Waals surface area contributed by atoms with Gasteiger partial charge < -0.3 is 4.74 Å². The Morgan fingerprint density at radius 2 is 1.86 bits per heavy atom. The normalized spacial score (nSPS) is 15.3. The third-order valence-corrected chi connectivity index (χ3v) is 7.32. The van der Waals surface area contributed by atoms with Crippen molar-refractivity contribution in [2.24, 2.45) is 5.10 Å². The minimum Gasteiger partial charge on any atom is -0.494 e. The van der Waals surface area contributed by atoms with Crippen molar-refractivity contribution >= 4 is 45.5 Å². The van der Waals surface area contributed by atoms with Crippen molar-refractivity contribution in [2.45, 2.75) is 19.4 Å². The average Bonchev–Trinajstić information content (AvgIpc) is 3.60. The largest absolute Gasteiger partial charge is 0.494 e. The maximum atomic E-state index is 6.37. The van der Waals surface area contributed by atoms with Gasteiger partial charge in [0.2, 0.25) is 5.95 Å². The van der Waals surface area contributed by atoms with Gasteiger partial charge in [-0.2, -0.15) is 5.10 Å². The topological polar surface area (TPSA) is 50.6 Å². The molecule has 0 aliphatic carbocycles. The summed E-state index contributed by atoms with van der Waals surface area (Å²) in [4.78, 5) is 11.2. The molecule has 5 aromatic rings. The van der Waals surface area contributed by atoms with Gasteiger partial charge in [0.15, 0.2) is 0 Å². The van der Waals surface area contributed by atoms with E-state index in [9.17, 15) is 0 Å². The van der Waals surface area contributed by atoms with E-state index in [1.54, 1.807) is 11.3 Å². The number of rotatable bonds is 6. The number of hydrazone groups is 1. The van der Waals surface area contributed by atoms with Crippen LogP contribution in [0.1, 0.15) is 29.8 Å². The molecule has 0 amide bonds. The van der Waals surface area contributed by atoms with Crippen molar-refractivity contribution in [1.82, 2.24) is 9.97 Å². The first-order valence-electron chi connectivity index (χ1n) is 11.9. The predicted octanol–water partition coefficient (Wildman–Crippen LogP) is 7.77. The van der Waals surface area contributed by atoms with Crippen LogP contribution in [-0.2, 0) is 0 Å². The second kappa shape index (κ2) is 9.72. The van der Waals surface area contributed by atoms with E-state index >= 15 is 0 Å². The molecule has 36 heavy (non-hydrogen) atoms. The molecule has 178 valence electrons. The van der Waals surface area contributed by atoms with Crippen molar-refractivity contribution in [3.8, 4) is 17.0 Å². The lowest BCUT2D eigenvalue weighted by Gasteiger charge is -2.23. The molecular formula is C29H23ClN4OS. The maximum Gasteiger partial charge on any atom is 0.247 e. The lowest BCUT2D eigenvalue weighted by atomic mass is 10.0. The predicted molar refractivity (Wildman–Crippen MR) is 148 cm³/mol. The molecule has 7 heteroatoms. The van der Waals surface area contributed by atoms with E-state index in [4.69, 9.17) is 31.4 Å². The lowest BCUT2D eigenvalue weighted by molar-refractivity contribution is 0.339. The second-order valence-electron chi connectivity index (χ2n) is 8.49. The molecule has 0 radical (unpaired) electrons. The fraction of sp³-hybridized carbons (Fsp3) is 0.138. The van der Waals surface area contributed by atoms with E-state index in [0.29, 0.717) is 17.6 Å². The standard InChI is InChI=1S/C29H23ClN4OS/c1-2-35-22-11-6-10-20(16-22)26-18-25(27-12-7-15-36-27)33-34(26)29-31-24-14-13-21(30)17-23(24)28(32-29)19-8-4-3-5-9-19/h3-17,26H,2,18H2,1H3. The van der Waals surface area contributed by atoms with Gasteiger partial charge >= 0.3 is 0 Å². The highest BCUT2D eigenvalue weighted by Crippen LogP contribution is 2.39. The van der Waals surface area contributed by atoms with Crippen molar-refractivity contribution in [3.05, 3.63) is 106 Å². The maximum absolute atomic E-state index is 6.37. The van der Waals surface area contributed by atoms with Gasteiger partial charge in [-0.3, -0.25) is 0 Å². The molecule has 1 unspecified atom stereocenters. The third kappa shape index (κ3) is 4.34. The van der Waals surface area contributed by atoms with E-state index in [0.717, 1.165) is 50.5 Å². The Hall–Kier alpha value is -3.74. The number of hydrogen-bond acceptors (Lipinski definition) is 6. The van der Waals surface area contributed by atoms with E-state index in [2.05, 4.69) is 41.8 Å². The Kier molecular flexibility index (Phi) is 6.13. The zero-order valence-corrected chi connectivity index (χ0v) is 21.2. The number of benzene rings is 3. The van der Waals surface area contributed by atoms with Gasteiger partial charge in [0, 0.05) is 22.4 Å². The third-order valence-electron chi connectivity index (χ3n) is 6.17. The molecule has 3 heterocycles. The quantitative estimate of drug-likeness (QED) is 0.234. The summed E-state index contributed by atoms with van der Waals surface area (Å²) in [6.45, 7) is 2.61. The van der Waals surface area contributed by atoms with Crippen LogP contribution in [0.15, 0.2) is 95.4 Å². The monoisotopic (exact) mass is 510 g/mol. The Morgan fingerprint density at radius 1 is 0.972 bits per heavy atom. The van der Waals surface area contributed by atoms with Crippen LogP contribution in [0.2, 0.25) is 5.02 Å².